The molecule has 0 saturated heterocycles. The van der Waals surface area contributed by atoms with Gasteiger partial charge in [-0.25, -0.2) is 4.39 Å². The number of carbonyl (C=O) groups is 2. The first kappa shape index (κ1) is 17.0. The molecule has 3 unspecified atom stereocenters. The Bertz CT molecular complexity index is 916. The third kappa shape index (κ3) is 2.42. The second-order valence-electron chi connectivity index (χ2n) is 6.70. The van der Waals surface area contributed by atoms with Crippen LogP contribution in [-0.4, -0.2) is 11.9 Å². The van der Waals surface area contributed by atoms with Gasteiger partial charge in [0.15, 0.2) is 0 Å². The number of benzene rings is 2. The van der Waals surface area contributed by atoms with Gasteiger partial charge < -0.3 is 10.1 Å². The smallest absolute Gasteiger partial charge is 0.311 e. The third-order valence-corrected chi connectivity index (χ3v) is 5.56. The van der Waals surface area contributed by atoms with Crippen LogP contribution in [0.15, 0.2) is 42.5 Å². The highest BCUT2D eigenvalue weighted by molar-refractivity contribution is 6.30. The Morgan fingerprint density at radius 1 is 1.35 bits per heavy atom. The van der Waals surface area contributed by atoms with E-state index in [4.69, 9.17) is 16.3 Å². The molecule has 1 aliphatic carbocycles. The quantitative estimate of drug-likeness (QED) is 0.809. The molecule has 26 heavy (non-hydrogen) atoms. The zero-order valence-corrected chi connectivity index (χ0v) is 14.8. The standard InChI is InChI=1S/C20H17ClFNO3/c1-2-16(11-6-5-8-14(21)17(11)22)26-18(24)13-10-20(13)12-7-3-4-9-15(12)23-19(20)25/h3-9,13,16H,2,10H2,1H3,(H,23,25). The number of hydrogen-bond acceptors (Lipinski definition) is 3. The minimum Gasteiger partial charge on any atom is -0.457 e. The fraction of sp³-hybridized carbons (Fsp3) is 0.300. The highest BCUT2D eigenvalue weighted by atomic mass is 35.5. The second kappa shape index (κ2) is 6.09. The van der Waals surface area contributed by atoms with E-state index in [0.29, 0.717) is 12.8 Å². The number of anilines is 1. The van der Waals surface area contributed by atoms with E-state index < -0.39 is 29.2 Å². The Balaban J connectivity index is 1.56. The van der Waals surface area contributed by atoms with Crippen LogP contribution in [0.3, 0.4) is 0 Å². The van der Waals surface area contributed by atoms with Gasteiger partial charge in [-0.2, -0.15) is 0 Å². The molecule has 0 bridgehead atoms. The molecule has 2 aliphatic rings. The number of esters is 1. The molecule has 2 aromatic carbocycles. The summed E-state index contributed by atoms with van der Waals surface area (Å²) in [4.78, 5) is 25.2. The molecule has 134 valence electrons. The fourth-order valence-corrected chi connectivity index (χ4v) is 3.97. The number of amides is 1. The van der Waals surface area contributed by atoms with Gasteiger partial charge in [0.25, 0.3) is 0 Å². The maximum atomic E-state index is 14.3. The zero-order valence-electron chi connectivity index (χ0n) is 14.1. The summed E-state index contributed by atoms with van der Waals surface area (Å²) in [7, 11) is 0. The van der Waals surface area contributed by atoms with Crippen molar-refractivity contribution in [2.45, 2.75) is 31.3 Å². The lowest BCUT2D eigenvalue weighted by atomic mass is 9.95. The van der Waals surface area contributed by atoms with Crippen LogP contribution >= 0.6 is 11.6 Å². The van der Waals surface area contributed by atoms with Crippen LogP contribution in [-0.2, 0) is 19.7 Å². The van der Waals surface area contributed by atoms with Crippen molar-refractivity contribution >= 4 is 29.2 Å². The van der Waals surface area contributed by atoms with Gasteiger partial charge in [-0.3, -0.25) is 9.59 Å². The topological polar surface area (TPSA) is 55.4 Å². The van der Waals surface area contributed by atoms with Gasteiger partial charge in [-0.15, -0.1) is 0 Å². The number of carbonyl (C=O) groups excluding carboxylic acids is 2. The van der Waals surface area contributed by atoms with Gasteiger partial charge in [0.05, 0.1) is 16.4 Å². The maximum absolute atomic E-state index is 14.3. The largest absolute Gasteiger partial charge is 0.457 e. The second-order valence-corrected chi connectivity index (χ2v) is 7.11. The average Bonchev–Trinajstić information content (AvgIpc) is 3.33. The Hall–Kier alpha value is -2.40. The van der Waals surface area contributed by atoms with Gasteiger partial charge in [-0.1, -0.05) is 48.9 Å². The molecule has 0 radical (unpaired) electrons. The molecule has 2 aromatic rings. The van der Waals surface area contributed by atoms with Crippen LogP contribution in [0.25, 0.3) is 0 Å². The van der Waals surface area contributed by atoms with Crippen molar-refractivity contribution in [1.29, 1.82) is 0 Å². The molecule has 1 saturated carbocycles. The Morgan fingerprint density at radius 2 is 2.12 bits per heavy atom. The number of fused-ring (bicyclic) bond motifs is 2. The van der Waals surface area contributed by atoms with Crippen molar-refractivity contribution in [3.05, 3.63) is 64.4 Å². The minimum absolute atomic E-state index is 0.0102. The summed E-state index contributed by atoms with van der Waals surface area (Å²) in [5.74, 6) is -1.79. The summed E-state index contributed by atoms with van der Waals surface area (Å²) in [5, 5.41) is 2.82. The van der Waals surface area contributed by atoms with Crippen LogP contribution in [0.2, 0.25) is 5.02 Å². The van der Waals surface area contributed by atoms with Crippen molar-refractivity contribution in [1.82, 2.24) is 0 Å². The molecule has 6 heteroatoms. The van der Waals surface area contributed by atoms with Crippen molar-refractivity contribution in [2.75, 3.05) is 5.32 Å². The normalized spacial score (nSPS) is 24.1. The van der Waals surface area contributed by atoms with E-state index in [1.165, 1.54) is 6.07 Å². The van der Waals surface area contributed by atoms with E-state index in [9.17, 15) is 14.0 Å². The van der Waals surface area contributed by atoms with Crippen molar-refractivity contribution in [3.63, 3.8) is 0 Å². The van der Waals surface area contributed by atoms with Gasteiger partial charge >= 0.3 is 5.97 Å². The monoisotopic (exact) mass is 373 g/mol. The molecule has 4 nitrogen and oxygen atoms in total. The number of halogens is 2. The van der Waals surface area contributed by atoms with Gasteiger partial charge in [0.1, 0.15) is 11.9 Å². The van der Waals surface area contributed by atoms with E-state index in [2.05, 4.69) is 5.32 Å². The number of rotatable bonds is 4. The Kier molecular flexibility index (Phi) is 3.99. The number of hydrogen-bond donors (Lipinski definition) is 1. The lowest BCUT2D eigenvalue weighted by molar-refractivity contribution is -0.152. The molecule has 3 atom stereocenters. The summed E-state index contributed by atoms with van der Waals surface area (Å²) < 4.78 is 19.9. The number of para-hydroxylation sites is 1. The Morgan fingerprint density at radius 3 is 2.88 bits per heavy atom. The van der Waals surface area contributed by atoms with E-state index in [-0.39, 0.29) is 16.5 Å². The lowest BCUT2D eigenvalue weighted by Gasteiger charge is -2.18. The highest BCUT2D eigenvalue weighted by Gasteiger charge is 2.68. The molecular weight excluding hydrogens is 357 g/mol. The average molecular weight is 374 g/mol. The molecule has 1 spiro atoms. The first-order valence-electron chi connectivity index (χ1n) is 8.54. The van der Waals surface area contributed by atoms with Gasteiger partial charge in [0, 0.05) is 11.3 Å². The molecular formula is C20H17ClFNO3. The molecule has 1 N–H and O–H groups in total. The molecule has 1 aliphatic heterocycles. The maximum Gasteiger partial charge on any atom is 0.311 e. The highest BCUT2D eigenvalue weighted by Crippen LogP contribution is 2.60. The fourth-order valence-electron chi connectivity index (χ4n) is 3.79. The van der Waals surface area contributed by atoms with E-state index >= 15 is 0 Å². The number of nitrogens with one attached hydrogen (secondary N) is 1. The molecule has 1 heterocycles. The first-order valence-corrected chi connectivity index (χ1v) is 8.92. The van der Waals surface area contributed by atoms with Crippen LogP contribution in [0.5, 0.6) is 0 Å². The predicted molar refractivity (Wildman–Crippen MR) is 95.4 cm³/mol. The van der Waals surface area contributed by atoms with Crippen LogP contribution in [0.4, 0.5) is 10.1 Å². The van der Waals surface area contributed by atoms with E-state index in [1.54, 1.807) is 19.1 Å². The SMILES string of the molecule is CCC(OC(=O)C1CC12C(=O)Nc1ccccc12)c1cccc(Cl)c1F. The summed E-state index contributed by atoms with van der Waals surface area (Å²) in [5.41, 5.74) is 0.966. The molecule has 1 amide bonds. The van der Waals surface area contributed by atoms with Crippen LogP contribution in [0, 0.1) is 11.7 Å². The summed E-state index contributed by atoms with van der Waals surface area (Å²) in [6.45, 7) is 1.80. The molecule has 0 aromatic heterocycles. The van der Waals surface area contributed by atoms with E-state index in [0.717, 1.165) is 11.3 Å². The summed E-state index contributed by atoms with van der Waals surface area (Å²) in [6, 6.07) is 12.0. The first-order chi connectivity index (χ1) is 12.5. The minimum atomic E-state index is -0.848. The van der Waals surface area contributed by atoms with Crippen molar-refractivity contribution in [2.24, 2.45) is 5.92 Å². The van der Waals surface area contributed by atoms with Crippen molar-refractivity contribution < 1.29 is 18.7 Å². The predicted octanol–water partition coefficient (Wildman–Crippen LogP) is 4.38. The Labute approximate surface area is 155 Å². The summed E-state index contributed by atoms with van der Waals surface area (Å²) in [6.07, 6.45) is 0.0767. The zero-order chi connectivity index (χ0) is 18.5. The molecule has 1 fully saturated rings. The third-order valence-electron chi connectivity index (χ3n) is 5.26. The van der Waals surface area contributed by atoms with Gasteiger partial charge in [0.2, 0.25) is 5.91 Å². The molecule has 4 rings (SSSR count). The lowest BCUT2D eigenvalue weighted by Crippen LogP contribution is -2.26. The van der Waals surface area contributed by atoms with Crippen LogP contribution in [0.1, 0.15) is 37.0 Å². The van der Waals surface area contributed by atoms with E-state index in [1.807, 2.05) is 24.3 Å². The summed E-state index contributed by atoms with van der Waals surface area (Å²) >= 11 is 5.83. The van der Waals surface area contributed by atoms with Gasteiger partial charge in [-0.05, 0) is 30.5 Å². The van der Waals surface area contributed by atoms with Crippen molar-refractivity contribution in [3.8, 4) is 0 Å². The van der Waals surface area contributed by atoms with Crippen LogP contribution < -0.4 is 5.32 Å². The number of ether oxygens (including phenoxy) is 1.